The van der Waals surface area contributed by atoms with Crippen LogP contribution in [0.5, 0.6) is 0 Å². The quantitative estimate of drug-likeness (QED) is 0.691. The van der Waals surface area contributed by atoms with Crippen LogP contribution in [0.15, 0.2) is 18.5 Å². The van der Waals surface area contributed by atoms with Crippen LogP contribution in [0.4, 0.5) is 18.4 Å². The fourth-order valence-corrected chi connectivity index (χ4v) is 2.90. The second-order valence-electron chi connectivity index (χ2n) is 8.22. The summed E-state index contributed by atoms with van der Waals surface area (Å²) in [6.07, 6.45) is 2.33. The number of nitrogens with zero attached hydrogens (tertiary/aromatic N) is 4. The zero-order chi connectivity index (χ0) is 23.2. The predicted octanol–water partition coefficient (Wildman–Crippen LogP) is 0.400. The Bertz CT molecular complexity index is 1010. The highest BCUT2D eigenvalue weighted by Crippen LogP contribution is 2.35. The summed E-state index contributed by atoms with van der Waals surface area (Å²) in [6.45, 7) is 4.95. The van der Waals surface area contributed by atoms with Crippen molar-refractivity contribution >= 4 is 41.3 Å². The third kappa shape index (κ3) is 4.62. The minimum atomic E-state index is -3.79. The molecule has 0 aromatic carbocycles. The summed E-state index contributed by atoms with van der Waals surface area (Å²) in [5, 5.41) is 5.84. The Balaban J connectivity index is 1.74. The molecular formula is C17H19B3F2N6O3. The summed E-state index contributed by atoms with van der Waals surface area (Å²) in [6, 6.07) is 0.592. The van der Waals surface area contributed by atoms with Crippen LogP contribution in [-0.2, 0) is 17.8 Å². The molecule has 2 aromatic heterocycles. The highest BCUT2D eigenvalue weighted by atomic mass is 19.3. The Hall–Kier alpha value is -2.79. The number of fused-ring (bicyclic) bond motifs is 1. The number of carbonyl (C=O) groups is 2. The maximum absolute atomic E-state index is 14.3. The Kier molecular flexibility index (Phi) is 5.70. The molecule has 1 fully saturated rings. The minimum absolute atomic E-state index is 0.0843. The average molecular weight is 426 g/mol. The van der Waals surface area contributed by atoms with Gasteiger partial charge in [0.2, 0.25) is 0 Å². The van der Waals surface area contributed by atoms with Crippen LogP contribution in [0, 0.1) is 0 Å². The van der Waals surface area contributed by atoms with Crippen LogP contribution >= 0.6 is 0 Å². The zero-order valence-electron chi connectivity index (χ0n) is 17.2. The highest BCUT2D eigenvalue weighted by Gasteiger charge is 2.57. The van der Waals surface area contributed by atoms with Crippen molar-refractivity contribution in [3.63, 3.8) is 0 Å². The lowest BCUT2D eigenvalue weighted by atomic mass is 9.52. The molecule has 3 heterocycles. The summed E-state index contributed by atoms with van der Waals surface area (Å²) in [5.74, 6) is -5.80. The van der Waals surface area contributed by atoms with Gasteiger partial charge in [0.25, 0.3) is 5.92 Å². The zero-order valence-corrected chi connectivity index (χ0v) is 17.2. The molecule has 6 radical (unpaired) electrons. The third-order valence-corrected chi connectivity index (χ3v) is 4.48. The van der Waals surface area contributed by atoms with Gasteiger partial charge in [0.1, 0.15) is 13.4 Å². The fraction of sp³-hybridized carbons (Fsp3) is 0.529. The molecule has 1 atom stereocenters. The molecule has 0 spiro atoms. The summed E-state index contributed by atoms with van der Waals surface area (Å²) in [7, 11) is 16.4. The molecule has 1 aliphatic rings. The molecule has 158 valence electrons. The Morgan fingerprint density at radius 1 is 1.39 bits per heavy atom. The molecule has 3 rings (SSSR count). The molecule has 9 nitrogen and oxygen atoms in total. The van der Waals surface area contributed by atoms with Crippen LogP contribution < -0.4 is 10.6 Å². The van der Waals surface area contributed by atoms with Crippen molar-refractivity contribution in [2.75, 3.05) is 0 Å². The van der Waals surface area contributed by atoms with Gasteiger partial charge in [0.05, 0.1) is 46.3 Å². The minimum Gasteiger partial charge on any atom is -0.444 e. The first-order chi connectivity index (χ1) is 14.2. The van der Waals surface area contributed by atoms with E-state index in [9.17, 15) is 18.4 Å². The SMILES string of the molecule is [B]C1NC(=O)N(Cc2cnn3cc(CNC(=O)OC(C)(C)C)nc3c2)C([B])([B])C1(F)F. The van der Waals surface area contributed by atoms with E-state index in [4.69, 9.17) is 28.3 Å². The van der Waals surface area contributed by atoms with Gasteiger partial charge in [0.15, 0.2) is 5.65 Å². The van der Waals surface area contributed by atoms with Crippen molar-refractivity contribution < 1.29 is 23.1 Å². The van der Waals surface area contributed by atoms with E-state index in [1.165, 1.54) is 16.8 Å². The van der Waals surface area contributed by atoms with E-state index in [0.717, 1.165) is 0 Å². The number of alkyl halides is 2. The van der Waals surface area contributed by atoms with Gasteiger partial charge < -0.3 is 20.3 Å². The molecule has 0 saturated carbocycles. The van der Waals surface area contributed by atoms with Gasteiger partial charge in [-0.2, -0.15) is 5.10 Å². The Morgan fingerprint density at radius 2 is 2.06 bits per heavy atom. The number of amides is 3. The summed E-state index contributed by atoms with van der Waals surface area (Å²) in [4.78, 5) is 28.8. The van der Waals surface area contributed by atoms with E-state index >= 15 is 0 Å². The van der Waals surface area contributed by atoms with E-state index in [1.807, 2.05) is 5.32 Å². The molecule has 31 heavy (non-hydrogen) atoms. The van der Waals surface area contributed by atoms with Crippen molar-refractivity contribution in [3.8, 4) is 0 Å². The van der Waals surface area contributed by atoms with E-state index in [-0.39, 0.29) is 13.1 Å². The molecule has 2 aromatic rings. The molecule has 1 saturated heterocycles. The number of rotatable bonds is 4. The predicted molar refractivity (Wildman–Crippen MR) is 109 cm³/mol. The standard InChI is InChI=1S/C17H19B3F2N6O3/c1-15(2,3)31-14(30)23-6-10-8-28-11(25-10)4-9(5-24-28)7-27-13(29)26-12(18)16(21,22)17(27,19)20/h4-5,8,12H,6-7H2,1-3H3,(H,23,30)(H,26,29). The molecule has 0 aliphatic carbocycles. The first kappa shape index (κ1) is 22.9. The maximum atomic E-state index is 14.3. The first-order valence-electron chi connectivity index (χ1n) is 9.30. The number of halogens is 2. The average Bonchev–Trinajstić information content (AvgIpc) is 3.03. The van der Waals surface area contributed by atoms with Crippen LogP contribution in [0.2, 0.25) is 0 Å². The molecule has 14 heteroatoms. The van der Waals surface area contributed by atoms with Crippen molar-refractivity contribution in [3.05, 3.63) is 29.7 Å². The maximum Gasteiger partial charge on any atom is 0.407 e. The van der Waals surface area contributed by atoms with Gasteiger partial charge in [-0.15, -0.1) is 0 Å². The molecular weight excluding hydrogens is 407 g/mol. The lowest BCUT2D eigenvalue weighted by Gasteiger charge is -2.51. The van der Waals surface area contributed by atoms with E-state index < -0.39 is 34.9 Å². The smallest absolute Gasteiger partial charge is 0.407 e. The third-order valence-electron chi connectivity index (χ3n) is 4.48. The second-order valence-corrected chi connectivity index (χ2v) is 8.22. The number of alkyl carbamates (subject to hydrolysis) is 1. The van der Waals surface area contributed by atoms with Crippen LogP contribution in [0.1, 0.15) is 32.0 Å². The van der Waals surface area contributed by atoms with Gasteiger partial charge in [-0.1, -0.05) is 0 Å². The molecule has 1 unspecified atom stereocenters. The Labute approximate surface area is 181 Å². The second kappa shape index (κ2) is 7.72. The fourth-order valence-electron chi connectivity index (χ4n) is 2.90. The highest BCUT2D eigenvalue weighted by molar-refractivity contribution is 6.42. The summed E-state index contributed by atoms with van der Waals surface area (Å²) < 4.78 is 35.2. The molecule has 2 N–H and O–H groups in total. The van der Waals surface area contributed by atoms with Crippen molar-refractivity contribution in [1.82, 2.24) is 30.1 Å². The number of aromatic nitrogens is 3. The molecule has 1 aliphatic heterocycles. The lowest BCUT2D eigenvalue weighted by Crippen LogP contribution is -2.76. The normalized spacial score (nSPS) is 20.4. The number of hydrogen-bond donors (Lipinski definition) is 2. The number of imidazole rings is 1. The van der Waals surface area contributed by atoms with E-state index in [1.54, 1.807) is 27.0 Å². The van der Waals surface area contributed by atoms with Crippen molar-refractivity contribution in [1.29, 1.82) is 0 Å². The van der Waals surface area contributed by atoms with Crippen molar-refractivity contribution in [2.45, 2.75) is 56.7 Å². The summed E-state index contributed by atoms with van der Waals surface area (Å²) in [5.41, 5.74) is 0.559. The topological polar surface area (TPSA) is 101 Å². The van der Waals surface area contributed by atoms with E-state index in [2.05, 4.69) is 15.4 Å². The molecule has 3 amide bonds. The van der Waals surface area contributed by atoms with Gasteiger partial charge in [-0.05, 0) is 32.4 Å². The van der Waals surface area contributed by atoms with Crippen LogP contribution in [0.25, 0.3) is 5.65 Å². The summed E-state index contributed by atoms with van der Waals surface area (Å²) >= 11 is 0. The largest absolute Gasteiger partial charge is 0.444 e. The number of nitrogens with one attached hydrogen (secondary N) is 2. The van der Waals surface area contributed by atoms with Gasteiger partial charge in [-0.3, -0.25) is 0 Å². The van der Waals surface area contributed by atoms with Gasteiger partial charge >= 0.3 is 12.1 Å². The first-order valence-corrected chi connectivity index (χ1v) is 9.30. The van der Waals surface area contributed by atoms with Crippen LogP contribution in [-0.4, -0.2) is 78.0 Å². The van der Waals surface area contributed by atoms with Gasteiger partial charge in [-0.25, -0.2) is 27.9 Å². The number of ether oxygens (including phenoxy) is 1. The number of carbonyl (C=O) groups excluding carboxylic acids is 2. The lowest BCUT2D eigenvalue weighted by molar-refractivity contribution is -0.0837. The van der Waals surface area contributed by atoms with Crippen molar-refractivity contribution in [2.24, 2.45) is 0 Å². The van der Waals surface area contributed by atoms with E-state index in [0.29, 0.717) is 21.8 Å². The number of urea groups is 1. The van der Waals surface area contributed by atoms with Gasteiger partial charge in [0, 0.05) is 11.9 Å². The number of hydrogen-bond acceptors (Lipinski definition) is 5. The van der Waals surface area contributed by atoms with Crippen LogP contribution in [0.3, 0.4) is 0 Å². The Morgan fingerprint density at radius 3 is 2.71 bits per heavy atom. The monoisotopic (exact) mass is 426 g/mol. The molecule has 0 bridgehead atoms.